The van der Waals surface area contributed by atoms with Crippen LogP contribution in [0.15, 0.2) is 34.6 Å². The van der Waals surface area contributed by atoms with Crippen LogP contribution in [0.25, 0.3) is 0 Å². The third-order valence-electron chi connectivity index (χ3n) is 3.59. The molecular weight excluding hydrogens is 488 g/mol. The fraction of sp³-hybridized carbons (Fsp3) is 0.444. The van der Waals surface area contributed by atoms with Crippen LogP contribution in [-0.2, 0) is 25.6 Å². The summed E-state index contributed by atoms with van der Waals surface area (Å²) in [6.45, 7) is 5.52. The highest BCUT2D eigenvalue weighted by atomic mass is 127. The molecule has 0 amide bonds. The topological polar surface area (TPSA) is 49.3 Å². The van der Waals surface area contributed by atoms with E-state index in [0.717, 1.165) is 35.7 Å². The smallest absolute Gasteiger partial charge is 0.357 e. The Hall–Kier alpha value is -1.36. The number of rotatable bonds is 7. The zero-order valence-electron chi connectivity index (χ0n) is 15.3. The van der Waals surface area contributed by atoms with Gasteiger partial charge in [0.1, 0.15) is 0 Å². The van der Waals surface area contributed by atoms with Crippen LogP contribution in [0, 0.1) is 0 Å². The summed E-state index contributed by atoms with van der Waals surface area (Å²) in [6, 6.07) is 5.25. The molecule has 0 unspecified atom stereocenters. The summed E-state index contributed by atoms with van der Waals surface area (Å²) in [7, 11) is 0. The van der Waals surface area contributed by atoms with Gasteiger partial charge in [-0.2, -0.15) is 13.2 Å². The maximum atomic E-state index is 12.8. The molecule has 2 N–H and O–H groups in total. The summed E-state index contributed by atoms with van der Waals surface area (Å²) in [5.41, 5.74) is 0.899. The number of halogens is 4. The lowest BCUT2D eigenvalue weighted by molar-refractivity contribution is -0.137. The van der Waals surface area contributed by atoms with Gasteiger partial charge in [-0.1, -0.05) is 19.1 Å². The van der Waals surface area contributed by atoms with Gasteiger partial charge in [-0.05, 0) is 31.0 Å². The highest BCUT2D eigenvalue weighted by Gasteiger charge is 2.30. The van der Waals surface area contributed by atoms with Crippen molar-refractivity contribution in [1.82, 2.24) is 15.6 Å². The van der Waals surface area contributed by atoms with Crippen LogP contribution in [-0.4, -0.2) is 24.0 Å². The Morgan fingerprint density at radius 1 is 1.22 bits per heavy atom. The summed E-state index contributed by atoms with van der Waals surface area (Å²) in [6.07, 6.45) is -2.64. The summed E-state index contributed by atoms with van der Waals surface area (Å²) in [5, 5.41) is 9.46. The first-order valence-corrected chi connectivity index (χ1v) is 9.42. The first-order valence-electron chi connectivity index (χ1n) is 8.54. The fourth-order valence-corrected chi connectivity index (χ4v) is 3.07. The van der Waals surface area contributed by atoms with Crippen LogP contribution < -0.4 is 10.6 Å². The van der Waals surface area contributed by atoms with Crippen molar-refractivity contribution < 1.29 is 13.2 Å². The Morgan fingerprint density at radius 3 is 2.63 bits per heavy atom. The molecule has 1 aromatic carbocycles. The second-order valence-corrected chi connectivity index (χ2v) is 6.60. The van der Waals surface area contributed by atoms with Gasteiger partial charge in [0, 0.05) is 24.9 Å². The number of aryl methyl sites for hydroxylation is 1. The predicted molar refractivity (Wildman–Crippen MR) is 115 cm³/mol. The molecule has 0 aliphatic carbocycles. The Kier molecular flexibility index (Phi) is 10.1. The number of thiazole rings is 1. The van der Waals surface area contributed by atoms with Crippen molar-refractivity contribution in [2.45, 2.75) is 39.4 Å². The minimum atomic E-state index is -4.34. The molecule has 9 heteroatoms. The lowest BCUT2D eigenvalue weighted by Crippen LogP contribution is -2.38. The number of aromatic nitrogens is 1. The van der Waals surface area contributed by atoms with Crippen molar-refractivity contribution >= 4 is 41.3 Å². The lowest BCUT2D eigenvalue weighted by Gasteiger charge is -2.11. The van der Waals surface area contributed by atoms with E-state index in [-0.39, 0.29) is 30.5 Å². The molecule has 1 heterocycles. The van der Waals surface area contributed by atoms with Gasteiger partial charge in [0.25, 0.3) is 0 Å². The van der Waals surface area contributed by atoms with Crippen LogP contribution in [0.3, 0.4) is 0 Å². The van der Waals surface area contributed by atoms with Gasteiger partial charge in [-0.15, -0.1) is 35.3 Å². The molecular formula is C18H24F3IN4S. The molecule has 2 aromatic rings. The summed E-state index contributed by atoms with van der Waals surface area (Å²) in [4.78, 5) is 8.88. The Balaban J connectivity index is 0.00000364. The summed E-state index contributed by atoms with van der Waals surface area (Å²) < 4.78 is 38.3. The second kappa shape index (κ2) is 11.5. The van der Waals surface area contributed by atoms with Crippen molar-refractivity contribution in [3.05, 3.63) is 51.5 Å². The largest absolute Gasteiger partial charge is 0.416 e. The Labute approximate surface area is 178 Å². The van der Waals surface area contributed by atoms with Gasteiger partial charge in [-0.3, -0.25) is 0 Å². The summed E-state index contributed by atoms with van der Waals surface area (Å²) in [5.74, 6) is 0.579. The quantitative estimate of drug-likeness (QED) is 0.323. The van der Waals surface area contributed by atoms with Crippen molar-refractivity contribution in [1.29, 1.82) is 0 Å². The molecule has 0 radical (unpaired) electrons. The van der Waals surface area contributed by atoms with E-state index in [1.165, 1.54) is 6.07 Å². The molecule has 0 aliphatic heterocycles. The van der Waals surface area contributed by atoms with Gasteiger partial charge >= 0.3 is 6.18 Å². The second-order valence-electron chi connectivity index (χ2n) is 5.66. The molecule has 4 nitrogen and oxygen atoms in total. The SMILES string of the molecule is CCNC(=NCc1cccc(C(F)(F)F)c1)NCCc1csc(CC)n1.I. The zero-order valence-corrected chi connectivity index (χ0v) is 18.4. The van der Waals surface area contributed by atoms with E-state index in [1.807, 2.05) is 12.3 Å². The Bertz CT molecular complexity index is 731. The van der Waals surface area contributed by atoms with E-state index < -0.39 is 11.7 Å². The molecule has 150 valence electrons. The highest BCUT2D eigenvalue weighted by molar-refractivity contribution is 14.0. The monoisotopic (exact) mass is 512 g/mol. The van der Waals surface area contributed by atoms with E-state index in [2.05, 4.69) is 27.5 Å². The molecule has 0 bridgehead atoms. The number of guanidine groups is 1. The van der Waals surface area contributed by atoms with Gasteiger partial charge in [0.05, 0.1) is 22.8 Å². The average molecular weight is 512 g/mol. The molecule has 1 aromatic heterocycles. The van der Waals surface area contributed by atoms with Crippen molar-refractivity contribution in [2.24, 2.45) is 4.99 Å². The van der Waals surface area contributed by atoms with Crippen molar-refractivity contribution in [3.63, 3.8) is 0 Å². The van der Waals surface area contributed by atoms with E-state index >= 15 is 0 Å². The number of benzene rings is 1. The number of hydrogen-bond acceptors (Lipinski definition) is 3. The standard InChI is InChI=1S/C18H23F3N4S.HI/c1-3-16-25-15(12-26-16)8-9-23-17(22-4-2)24-11-13-6-5-7-14(10-13)18(19,20)21;/h5-7,10,12H,3-4,8-9,11H2,1-2H3,(H2,22,23,24);1H. The van der Waals surface area contributed by atoms with Crippen molar-refractivity contribution in [2.75, 3.05) is 13.1 Å². The van der Waals surface area contributed by atoms with Crippen LogP contribution >= 0.6 is 35.3 Å². The first kappa shape index (κ1) is 23.7. The molecule has 0 saturated carbocycles. The van der Waals surface area contributed by atoms with E-state index in [9.17, 15) is 13.2 Å². The molecule has 0 spiro atoms. The van der Waals surface area contributed by atoms with Crippen LogP contribution in [0.2, 0.25) is 0 Å². The van der Waals surface area contributed by atoms with E-state index in [1.54, 1.807) is 17.4 Å². The zero-order chi connectivity index (χ0) is 19.0. The number of alkyl halides is 3. The van der Waals surface area contributed by atoms with Crippen LogP contribution in [0.4, 0.5) is 13.2 Å². The van der Waals surface area contributed by atoms with E-state index in [4.69, 9.17) is 0 Å². The van der Waals surface area contributed by atoms with Crippen LogP contribution in [0.5, 0.6) is 0 Å². The highest BCUT2D eigenvalue weighted by Crippen LogP contribution is 2.29. The molecule has 0 saturated heterocycles. The van der Waals surface area contributed by atoms with Gasteiger partial charge < -0.3 is 10.6 Å². The molecule has 27 heavy (non-hydrogen) atoms. The average Bonchev–Trinajstić information content (AvgIpc) is 3.07. The van der Waals surface area contributed by atoms with E-state index in [0.29, 0.717) is 24.6 Å². The third kappa shape index (κ3) is 8.04. The van der Waals surface area contributed by atoms with Gasteiger partial charge in [0.15, 0.2) is 5.96 Å². The normalized spacial score (nSPS) is 11.8. The fourth-order valence-electron chi connectivity index (χ4n) is 2.29. The first-order chi connectivity index (χ1) is 12.4. The predicted octanol–water partition coefficient (Wildman–Crippen LogP) is 4.64. The minimum absolute atomic E-state index is 0. The maximum absolute atomic E-state index is 12.8. The number of hydrogen-bond donors (Lipinski definition) is 2. The lowest BCUT2D eigenvalue weighted by atomic mass is 10.1. The van der Waals surface area contributed by atoms with Crippen molar-refractivity contribution in [3.8, 4) is 0 Å². The maximum Gasteiger partial charge on any atom is 0.416 e. The molecule has 0 fully saturated rings. The molecule has 2 rings (SSSR count). The van der Waals surface area contributed by atoms with Gasteiger partial charge in [-0.25, -0.2) is 9.98 Å². The number of nitrogens with zero attached hydrogens (tertiary/aromatic N) is 2. The summed E-state index contributed by atoms with van der Waals surface area (Å²) >= 11 is 1.65. The van der Waals surface area contributed by atoms with Crippen LogP contribution in [0.1, 0.15) is 35.7 Å². The third-order valence-corrected chi connectivity index (χ3v) is 4.64. The number of aliphatic imine (C=N–C) groups is 1. The number of nitrogens with one attached hydrogen (secondary N) is 2. The van der Waals surface area contributed by atoms with Gasteiger partial charge in [0.2, 0.25) is 0 Å². The Morgan fingerprint density at radius 2 is 2.00 bits per heavy atom. The molecule has 0 atom stereocenters. The minimum Gasteiger partial charge on any atom is -0.357 e. The molecule has 0 aliphatic rings.